The Morgan fingerprint density at radius 3 is 2.54 bits per heavy atom. The van der Waals surface area contributed by atoms with Crippen LogP contribution < -0.4 is 24.8 Å². The van der Waals surface area contributed by atoms with E-state index in [0.717, 1.165) is 11.9 Å². The van der Waals surface area contributed by atoms with Gasteiger partial charge in [0.2, 0.25) is 0 Å². The van der Waals surface area contributed by atoms with Crippen molar-refractivity contribution in [1.29, 1.82) is 0 Å². The molecule has 2 aliphatic carbocycles. The van der Waals surface area contributed by atoms with Crippen LogP contribution in [0.15, 0.2) is 76.0 Å². The van der Waals surface area contributed by atoms with Gasteiger partial charge in [-0.15, -0.1) is 0 Å². The fraction of sp³-hybridized carbons (Fsp3) is 0.174. The van der Waals surface area contributed by atoms with Crippen LogP contribution in [0.5, 0.6) is 0 Å². The van der Waals surface area contributed by atoms with Crippen molar-refractivity contribution < 1.29 is 44.0 Å². The standard InChI is InChI=1S/C16H11N2.C7H9.2ClH.Ti/c1-2-6-13-10-14(9-12(13)5-1)18-11-17-15-7-3-4-8-16(15)18;1-6-4-3-5-7(6)2;;;/h1-11H;4H,3H2,1-2H3;2*1H;/q;;;;+2/p-2. The minimum absolute atomic E-state index is 0. The van der Waals surface area contributed by atoms with E-state index in [9.17, 15) is 0 Å². The predicted molar refractivity (Wildman–Crippen MR) is 104 cm³/mol. The van der Waals surface area contributed by atoms with E-state index in [-0.39, 0.29) is 44.0 Å². The van der Waals surface area contributed by atoms with Crippen LogP contribution in [-0.4, -0.2) is 9.55 Å². The third-order valence-corrected chi connectivity index (χ3v) is 8.46. The fourth-order valence-corrected chi connectivity index (χ4v) is 6.74. The second-order valence-electron chi connectivity index (χ2n) is 7.07. The quantitative estimate of drug-likeness (QED) is 0.514. The Balaban J connectivity index is 0.00000112. The Hall–Kier alpha value is -1.58. The van der Waals surface area contributed by atoms with Crippen LogP contribution in [0.3, 0.4) is 0 Å². The Labute approximate surface area is 187 Å². The number of hydrogen-bond donors (Lipinski definition) is 0. The van der Waals surface area contributed by atoms with Gasteiger partial charge in [0.15, 0.2) is 0 Å². The number of rotatable bonds is 3. The van der Waals surface area contributed by atoms with Crippen LogP contribution >= 0.6 is 0 Å². The van der Waals surface area contributed by atoms with E-state index >= 15 is 0 Å². The number of allylic oxidation sites excluding steroid dienone is 5. The molecule has 0 fully saturated rings. The van der Waals surface area contributed by atoms with Crippen molar-refractivity contribution in [2.45, 2.75) is 24.5 Å². The first kappa shape index (κ1) is 21.1. The summed E-state index contributed by atoms with van der Waals surface area (Å²) in [6.07, 6.45) is 7.92. The van der Waals surface area contributed by atoms with Crippen LogP contribution in [0.1, 0.15) is 35.6 Å². The monoisotopic (exact) mass is 442 g/mol. The second-order valence-corrected chi connectivity index (χ2v) is 9.37. The average molecular weight is 443 g/mol. The zero-order chi connectivity index (χ0) is 17.7. The molecule has 0 amide bonds. The van der Waals surface area contributed by atoms with Gasteiger partial charge in [-0.2, -0.15) is 0 Å². The number of aromatic nitrogens is 2. The number of benzene rings is 2. The molecule has 5 heteroatoms. The van der Waals surface area contributed by atoms with Gasteiger partial charge in [-0.1, -0.05) is 0 Å². The zero-order valence-corrected chi connectivity index (χ0v) is 18.9. The maximum atomic E-state index is 4.63. The van der Waals surface area contributed by atoms with Crippen molar-refractivity contribution in [1.82, 2.24) is 9.55 Å². The minimum atomic E-state index is -0.296. The topological polar surface area (TPSA) is 17.8 Å². The van der Waals surface area contributed by atoms with Crippen molar-refractivity contribution in [3.8, 4) is 0 Å². The second kappa shape index (κ2) is 8.43. The van der Waals surface area contributed by atoms with E-state index in [4.69, 9.17) is 0 Å². The van der Waals surface area contributed by atoms with Gasteiger partial charge >= 0.3 is 163 Å². The number of imidazole rings is 1. The van der Waals surface area contributed by atoms with Gasteiger partial charge in [0, 0.05) is 0 Å². The number of fused-ring (bicyclic) bond motifs is 2. The number of halogens is 2. The number of hydrogen-bond acceptors (Lipinski definition) is 1. The summed E-state index contributed by atoms with van der Waals surface area (Å²) in [7, 11) is 0. The first-order valence-electron chi connectivity index (χ1n) is 9.09. The van der Waals surface area contributed by atoms with Gasteiger partial charge in [-0.05, 0) is 0 Å². The SMILES string of the molecule is CC1=CC[C]([Ti+2][CH]2C(n3cnc4ccccc43)=Cc3ccccc32)=C1C.[Cl-].[Cl-]. The van der Waals surface area contributed by atoms with Crippen LogP contribution in [0.2, 0.25) is 0 Å². The van der Waals surface area contributed by atoms with E-state index in [0.29, 0.717) is 4.22 Å². The fourth-order valence-electron chi connectivity index (χ4n) is 3.97. The van der Waals surface area contributed by atoms with Crippen molar-refractivity contribution in [3.05, 3.63) is 87.1 Å². The summed E-state index contributed by atoms with van der Waals surface area (Å²) in [5.74, 6) is 0. The summed E-state index contributed by atoms with van der Waals surface area (Å²) >= 11 is -0.296. The molecule has 0 N–H and O–H groups in total. The largest absolute Gasteiger partial charge is 1.00 e. The van der Waals surface area contributed by atoms with Crippen LogP contribution in [0.4, 0.5) is 0 Å². The van der Waals surface area contributed by atoms with Gasteiger partial charge in [0.25, 0.3) is 0 Å². The Morgan fingerprint density at radius 1 is 1.00 bits per heavy atom. The molecular weight excluding hydrogens is 423 g/mol. The van der Waals surface area contributed by atoms with E-state index in [1.54, 1.807) is 3.88 Å². The Morgan fingerprint density at radius 2 is 1.75 bits per heavy atom. The van der Waals surface area contributed by atoms with E-state index in [1.807, 2.05) is 6.33 Å². The molecule has 28 heavy (non-hydrogen) atoms. The zero-order valence-electron chi connectivity index (χ0n) is 15.8. The number of nitrogens with zero attached hydrogens (tertiary/aromatic N) is 2. The summed E-state index contributed by atoms with van der Waals surface area (Å²) < 4.78 is 4.52. The molecule has 1 aromatic heterocycles. The van der Waals surface area contributed by atoms with Gasteiger partial charge < -0.3 is 24.8 Å². The van der Waals surface area contributed by atoms with Crippen molar-refractivity contribution in [2.24, 2.45) is 0 Å². The van der Waals surface area contributed by atoms with Crippen molar-refractivity contribution in [3.63, 3.8) is 0 Å². The first-order valence-corrected chi connectivity index (χ1v) is 10.8. The molecule has 0 saturated heterocycles. The summed E-state index contributed by atoms with van der Waals surface area (Å²) in [4.78, 5) is 4.63. The van der Waals surface area contributed by atoms with Gasteiger partial charge in [-0.25, -0.2) is 0 Å². The Bertz CT molecular complexity index is 1120. The molecule has 2 aliphatic rings. The van der Waals surface area contributed by atoms with E-state index in [1.165, 1.54) is 33.5 Å². The average Bonchev–Trinajstić information content (AvgIpc) is 3.34. The van der Waals surface area contributed by atoms with Gasteiger partial charge in [0.1, 0.15) is 0 Å². The Kier molecular flexibility index (Phi) is 6.36. The molecule has 2 aromatic carbocycles. The van der Waals surface area contributed by atoms with Crippen molar-refractivity contribution in [2.75, 3.05) is 0 Å². The summed E-state index contributed by atoms with van der Waals surface area (Å²) in [5, 5.41) is 0. The molecule has 0 spiro atoms. The molecular formula is C23H20Cl2N2Ti. The van der Waals surface area contributed by atoms with Crippen LogP contribution in [0, 0.1) is 0 Å². The molecule has 5 rings (SSSR count). The van der Waals surface area contributed by atoms with E-state index < -0.39 is 0 Å². The summed E-state index contributed by atoms with van der Waals surface area (Å²) in [6, 6.07) is 17.3. The molecule has 2 nitrogen and oxygen atoms in total. The predicted octanol–water partition coefficient (Wildman–Crippen LogP) is -0.196. The van der Waals surface area contributed by atoms with E-state index in [2.05, 4.69) is 84.1 Å². The minimum Gasteiger partial charge on any atom is -1.00 e. The molecule has 1 heterocycles. The molecule has 1 unspecified atom stereocenters. The molecule has 0 radical (unpaired) electrons. The molecule has 0 saturated carbocycles. The smallest absolute Gasteiger partial charge is 1.00 e. The summed E-state index contributed by atoms with van der Waals surface area (Å²) in [5.41, 5.74) is 9.52. The molecule has 140 valence electrons. The third kappa shape index (κ3) is 3.44. The molecule has 3 aromatic rings. The third-order valence-electron chi connectivity index (χ3n) is 5.61. The normalized spacial score (nSPS) is 17.4. The number of para-hydroxylation sites is 2. The first-order chi connectivity index (χ1) is 12.7. The van der Waals surface area contributed by atoms with Gasteiger partial charge in [-0.3, -0.25) is 0 Å². The van der Waals surface area contributed by atoms with Gasteiger partial charge in [0.05, 0.1) is 0 Å². The van der Waals surface area contributed by atoms with Crippen LogP contribution in [-0.2, 0) is 19.2 Å². The molecule has 0 aliphatic heterocycles. The maximum absolute atomic E-state index is 4.63. The maximum Gasteiger partial charge on any atom is -1.00 e. The molecule has 1 atom stereocenters. The van der Waals surface area contributed by atoms with Crippen molar-refractivity contribution >= 4 is 22.8 Å². The summed E-state index contributed by atoms with van der Waals surface area (Å²) in [6.45, 7) is 4.55. The molecule has 0 bridgehead atoms. The van der Waals surface area contributed by atoms with Crippen LogP contribution in [0.25, 0.3) is 22.8 Å².